The lowest BCUT2D eigenvalue weighted by Gasteiger charge is -2.02. The maximum atomic E-state index is 4.44. The summed E-state index contributed by atoms with van der Waals surface area (Å²) in [4.78, 5) is 0. The molecule has 0 aromatic carbocycles. The number of alkyl halides is 1. The van der Waals surface area contributed by atoms with Crippen molar-refractivity contribution in [1.29, 1.82) is 0 Å². The van der Waals surface area contributed by atoms with Gasteiger partial charge in [-0.05, 0) is 18.8 Å². The van der Waals surface area contributed by atoms with E-state index in [1.54, 1.807) is 0 Å². The third kappa shape index (κ3) is 3.14. The molecule has 0 bridgehead atoms. The van der Waals surface area contributed by atoms with Crippen molar-refractivity contribution in [2.45, 2.75) is 32.0 Å². The molecule has 3 heteroatoms. The molecule has 0 saturated heterocycles. The van der Waals surface area contributed by atoms with Gasteiger partial charge in [0.25, 0.3) is 0 Å². The van der Waals surface area contributed by atoms with Crippen LogP contribution in [-0.2, 0) is 18.8 Å². The van der Waals surface area contributed by atoms with Crippen molar-refractivity contribution in [3.8, 4) is 0 Å². The Bertz CT molecular complexity index is 266. The van der Waals surface area contributed by atoms with E-state index in [1.165, 1.54) is 17.7 Å². The molecule has 0 amide bonds. The third-order valence-electron chi connectivity index (χ3n) is 2.09. The Kier molecular flexibility index (Phi) is 3.97. The predicted molar refractivity (Wildman–Crippen MR) is 59.0 cm³/mol. The van der Waals surface area contributed by atoms with Crippen LogP contribution in [0.1, 0.15) is 31.5 Å². The Balaban J connectivity index is 2.64. The minimum absolute atomic E-state index is 0.755. The van der Waals surface area contributed by atoms with Crippen molar-refractivity contribution in [3.05, 3.63) is 17.5 Å². The molecular formula is C10H17BrN2. The molecule has 1 aromatic heterocycles. The minimum atomic E-state index is 0.755. The molecule has 1 aromatic rings. The summed E-state index contributed by atoms with van der Waals surface area (Å²) in [6.45, 7) is 4.49. The fourth-order valence-electron chi connectivity index (χ4n) is 1.33. The van der Waals surface area contributed by atoms with Gasteiger partial charge in [-0.1, -0.05) is 29.8 Å². The summed E-state index contributed by atoms with van der Waals surface area (Å²) in [5, 5.41) is 5.35. The Labute approximate surface area is 88.5 Å². The number of hydrogen-bond donors (Lipinski definition) is 0. The topological polar surface area (TPSA) is 17.8 Å². The van der Waals surface area contributed by atoms with E-state index in [4.69, 9.17) is 0 Å². The molecule has 0 unspecified atom stereocenters. The van der Waals surface area contributed by atoms with Crippen LogP contribution in [0.2, 0.25) is 0 Å². The maximum Gasteiger partial charge on any atom is 0.0665 e. The van der Waals surface area contributed by atoms with Crippen molar-refractivity contribution in [1.82, 2.24) is 9.78 Å². The summed E-state index contributed by atoms with van der Waals surface area (Å²) >= 11 is 3.48. The van der Waals surface area contributed by atoms with E-state index in [-0.39, 0.29) is 0 Å². The van der Waals surface area contributed by atoms with Gasteiger partial charge in [-0.25, -0.2) is 0 Å². The maximum absolute atomic E-state index is 4.44. The molecular weight excluding hydrogens is 228 g/mol. The number of hydrogen-bond acceptors (Lipinski definition) is 1. The van der Waals surface area contributed by atoms with Gasteiger partial charge in [-0.3, -0.25) is 4.68 Å². The standard InChI is InChI=1S/C10H17BrN2/c1-8(2)4-5-10-9(6-11)7-13(3)12-10/h7-8H,4-6H2,1-3H3. The summed E-state index contributed by atoms with van der Waals surface area (Å²) in [7, 11) is 1.98. The van der Waals surface area contributed by atoms with E-state index < -0.39 is 0 Å². The Morgan fingerprint density at radius 3 is 2.77 bits per heavy atom. The van der Waals surface area contributed by atoms with Gasteiger partial charge in [0.05, 0.1) is 5.69 Å². The van der Waals surface area contributed by atoms with E-state index in [9.17, 15) is 0 Å². The van der Waals surface area contributed by atoms with Gasteiger partial charge < -0.3 is 0 Å². The molecule has 0 N–H and O–H groups in total. The lowest BCUT2D eigenvalue weighted by atomic mass is 10.1. The average Bonchev–Trinajstić information content (AvgIpc) is 2.42. The molecule has 0 aliphatic heterocycles. The Morgan fingerprint density at radius 1 is 1.54 bits per heavy atom. The first-order valence-corrected chi connectivity index (χ1v) is 5.83. The molecule has 0 atom stereocenters. The zero-order chi connectivity index (χ0) is 9.84. The van der Waals surface area contributed by atoms with Crippen molar-refractivity contribution in [2.75, 3.05) is 0 Å². The van der Waals surface area contributed by atoms with Crippen LogP contribution in [0.4, 0.5) is 0 Å². The first-order valence-electron chi connectivity index (χ1n) is 4.71. The van der Waals surface area contributed by atoms with Crippen LogP contribution in [0.5, 0.6) is 0 Å². The summed E-state index contributed by atoms with van der Waals surface area (Å²) in [5.74, 6) is 0.755. The van der Waals surface area contributed by atoms with Crippen LogP contribution in [0.25, 0.3) is 0 Å². The smallest absolute Gasteiger partial charge is 0.0665 e. The number of halogens is 1. The minimum Gasteiger partial charge on any atom is -0.275 e. The van der Waals surface area contributed by atoms with Gasteiger partial charge in [-0.15, -0.1) is 0 Å². The normalized spacial score (nSPS) is 11.2. The first-order chi connectivity index (χ1) is 6.13. The van der Waals surface area contributed by atoms with Crippen LogP contribution in [-0.4, -0.2) is 9.78 Å². The van der Waals surface area contributed by atoms with Gasteiger partial charge in [0.2, 0.25) is 0 Å². The molecule has 2 nitrogen and oxygen atoms in total. The molecule has 0 spiro atoms. The van der Waals surface area contributed by atoms with E-state index in [1.807, 2.05) is 11.7 Å². The van der Waals surface area contributed by atoms with E-state index in [2.05, 4.69) is 41.1 Å². The van der Waals surface area contributed by atoms with Crippen LogP contribution in [0, 0.1) is 5.92 Å². The van der Waals surface area contributed by atoms with Gasteiger partial charge in [0.1, 0.15) is 0 Å². The molecule has 0 saturated carbocycles. The highest BCUT2D eigenvalue weighted by atomic mass is 79.9. The molecule has 0 fully saturated rings. The SMILES string of the molecule is CC(C)CCc1nn(C)cc1CBr. The molecule has 0 radical (unpaired) electrons. The summed E-state index contributed by atoms with van der Waals surface area (Å²) in [6, 6.07) is 0. The zero-order valence-electron chi connectivity index (χ0n) is 8.55. The second kappa shape index (κ2) is 4.80. The number of rotatable bonds is 4. The van der Waals surface area contributed by atoms with E-state index in [0.717, 1.165) is 17.7 Å². The predicted octanol–water partition coefficient (Wildman–Crippen LogP) is 2.90. The van der Waals surface area contributed by atoms with Crippen LogP contribution < -0.4 is 0 Å². The quantitative estimate of drug-likeness (QED) is 0.746. The highest BCUT2D eigenvalue weighted by Crippen LogP contribution is 2.14. The fraction of sp³-hybridized carbons (Fsp3) is 0.700. The zero-order valence-corrected chi connectivity index (χ0v) is 10.1. The van der Waals surface area contributed by atoms with E-state index >= 15 is 0 Å². The highest BCUT2D eigenvalue weighted by molar-refractivity contribution is 9.08. The second-order valence-electron chi connectivity index (χ2n) is 3.84. The van der Waals surface area contributed by atoms with Gasteiger partial charge in [-0.2, -0.15) is 5.10 Å². The van der Waals surface area contributed by atoms with Crippen molar-refractivity contribution in [3.63, 3.8) is 0 Å². The lowest BCUT2D eigenvalue weighted by Crippen LogP contribution is -1.96. The van der Waals surface area contributed by atoms with Gasteiger partial charge in [0, 0.05) is 24.1 Å². The average molecular weight is 245 g/mol. The number of aryl methyl sites for hydroxylation is 2. The largest absolute Gasteiger partial charge is 0.275 e. The molecule has 0 aliphatic carbocycles. The molecule has 74 valence electrons. The fourth-order valence-corrected chi connectivity index (χ4v) is 1.80. The lowest BCUT2D eigenvalue weighted by molar-refractivity contribution is 0.575. The molecule has 1 rings (SSSR count). The van der Waals surface area contributed by atoms with Crippen LogP contribution >= 0.6 is 15.9 Å². The summed E-state index contributed by atoms with van der Waals surface area (Å²) < 4.78 is 1.90. The number of aromatic nitrogens is 2. The molecule has 13 heavy (non-hydrogen) atoms. The van der Waals surface area contributed by atoms with E-state index in [0.29, 0.717) is 0 Å². The molecule has 1 heterocycles. The van der Waals surface area contributed by atoms with Crippen molar-refractivity contribution >= 4 is 15.9 Å². The highest BCUT2D eigenvalue weighted by Gasteiger charge is 2.06. The second-order valence-corrected chi connectivity index (χ2v) is 4.40. The Hall–Kier alpha value is -0.310. The van der Waals surface area contributed by atoms with Crippen LogP contribution in [0.3, 0.4) is 0 Å². The Morgan fingerprint density at radius 2 is 2.23 bits per heavy atom. The number of nitrogens with zero attached hydrogens (tertiary/aromatic N) is 2. The first kappa shape index (κ1) is 10.8. The molecule has 0 aliphatic rings. The van der Waals surface area contributed by atoms with Gasteiger partial charge >= 0.3 is 0 Å². The van der Waals surface area contributed by atoms with Gasteiger partial charge in [0.15, 0.2) is 0 Å². The van der Waals surface area contributed by atoms with Crippen molar-refractivity contribution in [2.24, 2.45) is 13.0 Å². The monoisotopic (exact) mass is 244 g/mol. The summed E-state index contributed by atoms with van der Waals surface area (Å²) in [6.07, 6.45) is 4.40. The third-order valence-corrected chi connectivity index (χ3v) is 2.70. The van der Waals surface area contributed by atoms with Crippen LogP contribution in [0.15, 0.2) is 6.20 Å². The van der Waals surface area contributed by atoms with Crippen molar-refractivity contribution < 1.29 is 0 Å². The summed E-state index contributed by atoms with van der Waals surface area (Å²) in [5.41, 5.74) is 2.57.